The van der Waals surface area contributed by atoms with Crippen LogP contribution in [0.25, 0.3) is 10.9 Å². The van der Waals surface area contributed by atoms with Crippen molar-refractivity contribution in [2.45, 2.75) is 76.1 Å². The molecule has 198 valence electrons. The van der Waals surface area contributed by atoms with Gasteiger partial charge in [0.2, 0.25) is 0 Å². The molecular formula is C28H30F3NO5. The number of hydrogen-bond acceptors (Lipinski definition) is 5. The molecule has 5 rings (SSSR count). The van der Waals surface area contributed by atoms with Gasteiger partial charge in [-0.1, -0.05) is 26.8 Å². The molecule has 1 atom stereocenters. The zero-order valence-electron chi connectivity index (χ0n) is 33.7. The molecule has 1 fully saturated rings. The van der Waals surface area contributed by atoms with Gasteiger partial charge in [-0.2, -0.15) is 0 Å². The van der Waals surface area contributed by atoms with E-state index in [1.54, 1.807) is 6.92 Å². The van der Waals surface area contributed by atoms with Gasteiger partial charge in [0, 0.05) is 28.4 Å². The lowest BCUT2D eigenvalue weighted by Crippen LogP contribution is -2.26. The van der Waals surface area contributed by atoms with E-state index in [-0.39, 0.29) is 12.1 Å². The lowest BCUT2D eigenvalue weighted by Gasteiger charge is -2.26. The maximum atomic E-state index is 16.3. The number of ketones is 1. The van der Waals surface area contributed by atoms with Crippen LogP contribution in [0.1, 0.15) is 75.9 Å². The molecule has 0 saturated heterocycles. The van der Waals surface area contributed by atoms with Gasteiger partial charge < -0.3 is 24.3 Å². The highest BCUT2D eigenvalue weighted by atomic mass is 19.3. The average molecular weight is 532 g/mol. The van der Waals surface area contributed by atoms with Crippen molar-refractivity contribution >= 4 is 16.7 Å². The van der Waals surface area contributed by atoms with E-state index in [9.17, 15) is 23.8 Å². The number of aromatic nitrogens is 1. The van der Waals surface area contributed by atoms with Gasteiger partial charge in [0.15, 0.2) is 11.5 Å². The third-order valence-electron chi connectivity index (χ3n) is 6.29. The number of fused-ring (bicyclic) bond motifs is 2. The summed E-state index contributed by atoms with van der Waals surface area (Å²) in [4.78, 5) is 14.2. The van der Waals surface area contributed by atoms with Crippen molar-refractivity contribution in [3.63, 3.8) is 0 Å². The first-order valence-electron chi connectivity index (χ1n) is 18.1. The first-order valence-corrected chi connectivity index (χ1v) is 11.1. The zero-order valence-corrected chi connectivity index (χ0v) is 19.7. The molecule has 37 heavy (non-hydrogen) atoms. The van der Waals surface area contributed by atoms with Gasteiger partial charge in [0.1, 0.15) is 11.6 Å². The lowest BCUT2D eigenvalue weighted by molar-refractivity contribution is -0.286. The Morgan fingerprint density at radius 3 is 2.59 bits per heavy atom. The Morgan fingerprint density at radius 1 is 1.24 bits per heavy atom. The van der Waals surface area contributed by atoms with E-state index < -0.39 is 137 Å². The summed E-state index contributed by atoms with van der Waals surface area (Å²) in [5.41, 5.74) is -8.01. The van der Waals surface area contributed by atoms with Crippen molar-refractivity contribution in [1.82, 2.24) is 4.57 Å². The molecule has 0 radical (unpaired) electrons. The molecule has 0 bridgehead atoms. The van der Waals surface area contributed by atoms with Crippen molar-refractivity contribution in [3.05, 3.63) is 58.9 Å². The number of benzene rings is 2. The van der Waals surface area contributed by atoms with Gasteiger partial charge in [0.25, 0.3) is 0 Å². The molecule has 1 aliphatic heterocycles. The SMILES string of the molecule is [2H]c1c([2H])c(C2(C(=O)Cc3c(F)c([2H])c4c(c3[2H])c([2H])c(C(C)(C)CC)n4C([2H])([2H])[C@@H](O)C([2H])([2H])O)C([2H])([2H])C2([2H])[2H])c([2H])c2c1OC(F)(F)O2. The number of ether oxygens (including phenoxy) is 2. The average Bonchev–Trinajstić information content (AvgIpc) is 3.31. The van der Waals surface area contributed by atoms with Gasteiger partial charge in [-0.25, -0.2) is 4.39 Å². The van der Waals surface area contributed by atoms with Crippen molar-refractivity contribution in [1.29, 1.82) is 0 Å². The summed E-state index contributed by atoms with van der Waals surface area (Å²) < 4.78 is 171. The van der Waals surface area contributed by atoms with E-state index in [4.69, 9.17) is 19.2 Å². The second-order valence-corrected chi connectivity index (χ2v) is 9.15. The standard InChI is InChI=1S/C28H30F3NO5/c1-4-26(2,3)24-10-17-9-16(20(29)13-21(17)32(24)14-19(34)15-33)11-25(35)27(7-8-27)18-5-6-22-23(12-18)37-28(30,31)36-22/h5-6,9-10,12-13,19,33-34H,4,7-8,11,14-15H2,1-3H3/t19-/m1/s1/i5D,6D,7D2,8D2,9D,10D,12D,13D,14D2,15D2. The summed E-state index contributed by atoms with van der Waals surface area (Å²) in [5.74, 6) is -5.70. The molecule has 0 amide bonds. The number of halogens is 3. The molecule has 1 aromatic heterocycles. The Hall–Kier alpha value is -3.04. The third-order valence-corrected chi connectivity index (χ3v) is 6.29. The highest BCUT2D eigenvalue weighted by Crippen LogP contribution is 2.52. The first-order chi connectivity index (χ1) is 22.9. The zero-order chi connectivity index (χ0) is 39.1. The van der Waals surface area contributed by atoms with Gasteiger partial charge >= 0.3 is 6.29 Å². The maximum absolute atomic E-state index is 16.3. The molecule has 6 nitrogen and oxygen atoms in total. The fraction of sp³-hybridized carbons (Fsp3) is 0.464. The largest absolute Gasteiger partial charge is 0.586 e. The molecule has 2 N–H and O–H groups in total. The molecule has 2 aromatic carbocycles. The van der Waals surface area contributed by atoms with Crippen LogP contribution in [0.5, 0.6) is 11.5 Å². The van der Waals surface area contributed by atoms with Crippen LogP contribution < -0.4 is 9.47 Å². The Kier molecular flexibility index (Phi) is 3.24. The number of Topliss-reactive ketones (excluding diaryl/α,β-unsaturated/α-hetero) is 1. The molecule has 9 heteroatoms. The Labute approximate surface area is 232 Å². The monoisotopic (exact) mass is 531 g/mol. The van der Waals surface area contributed by atoms with Crippen LogP contribution in [0.15, 0.2) is 36.3 Å². The van der Waals surface area contributed by atoms with Crippen molar-refractivity contribution in [3.8, 4) is 11.5 Å². The van der Waals surface area contributed by atoms with Gasteiger partial charge in [-0.3, -0.25) is 4.79 Å². The molecule has 0 unspecified atom stereocenters. The van der Waals surface area contributed by atoms with Crippen LogP contribution in [-0.4, -0.2) is 39.5 Å². The van der Waals surface area contributed by atoms with Crippen LogP contribution in [0.4, 0.5) is 13.2 Å². The minimum absolute atomic E-state index is 0.124. The number of rotatable bonds is 9. The smallest absolute Gasteiger partial charge is 0.395 e. The minimum Gasteiger partial charge on any atom is -0.395 e. The molecule has 1 saturated carbocycles. The van der Waals surface area contributed by atoms with E-state index in [0.717, 1.165) is 0 Å². The number of nitrogens with zero attached hydrogens (tertiary/aromatic N) is 1. The minimum atomic E-state index is -4.44. The Morgan fingerprint density at radius 2 is 1.95 bits per heavy atom. The third kappa shape index (κ3) is 4.48. The maximum Gasteiger partial charge on any atom is 0.586 e. The molecule has 2 heterocycles. The fourth-order valence-electron chi connectivity index (χ4n) is 3.82. The lowest BCUT2D eigenvalue weighted by atomic mass is 9.86. The molecule has 0 spiro atoms. The van der Waals surface area contributed by atoms with Crippen molar-refractivity contribution < 1.29 is 56.8 Å². The van der Waals surface area contributed by atoms with Crippen molar-refractivity contribution in [2.24, 2.45) is 0 Å². The fourth-order valence-corrected chi connectivity index (χ4v) is 3.82. The highest BCUT2D eigenvalue weighted by molar-refractivity contribution is 5.95. The number of carbonyl (C=O) groups is 1. The van der Waals surface area contributed by atoms with E-state index >= 15 is 4.39 Å². The highest BCUT2D eigenvalue weighted by Gasteiger charge is 2.52. The van der Waals surface area contributed by atoms with Gasteiger partial charge in [-0.05, 0) is 60.5 Å². The Balaban J connectivity index is 1.80. The van der Waals surface area contributed by atoms with E-state index in [1.807, 2.05) is 0 Å². The predicted octanol–water partition coefficient (Wildman–Crippen LogP) is 4.99. The summed E-state index contributed by atoms with van der Waals surface area (Å²) in [6.07, 6.45) is -15.4. The van der Waals surface area contributed by atoms with Crippen LogP contribution >= 0.6 is 0 Å². The number of carbonyl (C=O) groups excluding carboxylic acids is 1. The quantitative estimate of drug-likeness (QED) is 0.407. The molecule has 1 aliphatic carbocycles. The topological polar surface area (TPSA) is 80.9 Å². The van der Waals surface area contributed by atoms with Crippen LogP contribution in [-0.2, 0) is 28.5 Å². The number of aliphatic hydroxyl groups is 2. The molecule has 3 aromatic rings. The van der Waals surface area contributed by atoms with Crippen molar-refractivity contribution in [2.75, 3.05) is 6.56 Å². The number of hydrogen-bond donors (Lipinski definition) is 2. The first kappa shape index (κ1) is 13.7. The molecular weight excluding hydrogens is 487 g/mol. The van der Waals surface area contributed by atoms with Crippen LogP contribution in [0.2, 0.25) is 0 Å². The summed E-state index contributed by atoms with van der Waals surface area (Å²) in [6, 6.07) is -6.84. The summed E-state index contributed by atoms with van der Waals surface area (Å²) in [5, 5.41) is 19.7. The van der Waals surface area contributed by atoms with E-state index in [2.05, 4.69) is 9.47 Å². The van der Waals surface area contributed by atoms with E-state index in [0.29, 0.717) is 4.57 Å². The summed E-state index contributed by atoms with van der Waals surface area (Å²) >= 11 is 0. The van der Waals surface area contributed by atoms with Gasteiger partial charge in [0.05, 0.1) is 43.8 Å². The number of alkyl halides is 2. The number of aliphatic hydroxyl groups excluding tert-OH is 1. The predicted molar refractivity (Wildman–Crippen MR) is 131 cm³/mol. The second kappa shape index (κ2) is 8.77. The molecule has 2 aliphatic rings. The summed E-state index contributed by atoms with van der Waals surface area (Å²) in [7, 11) is 0. The van der Waals surface area contributed by atoms with E-state index in [1.165, 1.54) is 13.8 Å². The van der Waals surface area contributed by atoms with Crippen LogP contribution in [0.3, 0.4) is 0 Å². The van der Waals surface area contributed by atoms with Gasteiger partial charge in [-0.15, -0.1) is 8.78 Å². The normalized spacial score (nSPS) is 27.2. The van der Waals surface area contributed by atoms with Crippen LogP contribution in [0, 0.1) is 5.82 Å². The second-order valence-electron chi connectivity index (χ2n) is 9.15. The summed E-state index contributed by atoms with van der Waals surface area (Å²) in [6.45, 7) is -2.45. The Bertz CT molecular complexity index is 2010.